The zero-order chi connectivity index (χ0) is 21.1. The monoisotopic (exact) mass is 440 g/mol. The molecule has 156 valence electrons. The van der Waals surface area contributed by atoms with Gasteiger partial charge in [0, 0.05) is 34.0 Å². The van der Waals surface area contributed by atoms with Crippen LogP contribution in [0.25, 0.3) is 0 Å². The van der Waals surface area contributed by atoms with Crippen LogP contribution in [0.3, 0.4) is 0 Å². The minimum absolute atomic E-state index is 0.0195. The van der Waals surface area contributed by atoms with Gasteiger partial charge in [0.15, 0.2) is 0 Å². The van der Waals surface area contributed by atoms with Crippen LogP contribution in [0.5, 0.6) is 5.75 Å². The maximum absolute atomic E-state index is 13.5. The molecule has 27 heavy (non-hydrogen) atoms. The molecule has 3 nitrogen and oxygen atoms in total. The Morgan fingerprint density at radius 3 is 1.85 bits per heavy atom. The number of benzene rings is 1. The molecule has 1 aromatic carbocycles. The largest absolute Gasteiger partial charge is 0.442 e. The summed E-state index contributed by atoms with van der Waals surface area (Å²) < 4.78 is 58.1. The average Bonchev–Trinajstić information content (AvgIpc) is 2.49. The Bertz CT molecular complexity index is 658. The third-order valence-electron chi connectivity index (χ3n) is 4.23. The van der Waals surface area contributed by atoms with Crippen LogP contribution < -0.4 is 4.52 Å². The van der Waals surface area contributed by atoms with Crippen molar-refractivity contribution in [3.05, 3.63) is 29.3 Å². The summed E-state index contributed by atoms with van der Waals surface area (Å²) in [6, 6.07) is 4.62. The minimum Gasteiger partial charge on any atom is -0.442 e. The fourth-order valence-electron chi connectivity index (χ4n) is 2.36. The molecule has 9 heteroatoms. The fraction of sp³-hybridized carbons (Fsp3) is 0.667. The van der Waals surface area contributed by atoms with Crippen molar-refractivity contribution in [2.45, 2.75) is 64.2 Å². The number of halogens is 3. The summed E-state index contributed by atoms with van der Waals surface area (Å²) in [5.41, 5.74) is -0.830. The molecule has 0 aliphatic carbocycles. The molecule has 0 atom stereocenters. The molecule has 0 saturated carbocycles. The Balaban J connectivity index is 3.15. The van der Waals surface area contributed by atoms with E-state index < -0.39 is 41.9 Å². The van der Waals surface area contributed by atoms with Crippen molar-refractivity contribution >= 4 is 23.5 Å². The molecule has 1 rings (SSSR count). The molecular formula is C18H32F3O3PSi2. The number of aliphatic hydroxyl groups is 1. The first kappa shape index (κ1) is 24.5. The maximum Gasteiger partial charge on any atom is 0.416 e. The average molecular weight is 441 g/mol. The molecular weight excluding hydrogens is 408 g/mol. The zero-order valence-corrected chi connectivity index (χ0v) is 20.0. The molecule has 0 aromatic heterocycles. The van der Waals surface area contributed by atoms with Crippen molar-refractivity contribution < 1.29 is 27.4 Å². The molecule has 0 bridgehead atoms. The molecule has 1 aromatic rings. The molecule has 0 unspecified atom stereocenters. The molecule has 0 amide bonds. The van der Waals surface area contributed by atoms with Crippen LogP contribution in [0, 0.1) is 0 Å². The van der Waals surface area contributed by atoms with Gasteiger partial charge in [0.2, 0.25) is 7.37 Å². The SMILES string of the molecule is C[Si](C)(C)CCP(=O)(CC[Si](C)(C)C)Oc1ccc(C(F)(F)F)cc1CO. The van der Waals surface area contributed by atoms with Crippen LogP contribution in [-0.2, 0) is 17.3 Å². The lowest BCUT2D eigenvalue weighted by Crippen LogP contribution is -2.24. The van der Waals surface area contributed by atoms with Crippen molar-refractivity contribution in [2.24, 2.45) is 0 Å². The first-order valence-corrected chi connectivity index (χ1v) is 18.5. The van der Waals surface area contributed by atoms with Crippen LogP contribution in [-0.4, -0.2) is 33.6 Å². The highest BCUT2D eigenvalue weighted by atomic mass is 31.2. The van der Waals surface area contributed by atoms with E-state index in [-0.39, 0.29) is 11.3 Å². The van der Waals surface area contributed by atoms with Crippen LogP contribution >= 0.6 is 7.37 Å². The van der Waals surface area contributed by atoms with E-state index in [0.717, 1.165) is 24.2 Å². The summed E-state index contributed by atoms with van der Waals surface area (Å²) in [5.74, 6) is 0.0972. The Morgan fingerprint density at radius 2 is 1.48 bits per heavy atom. The highest BCUT2D eigenvalue weighted by Gasteiger charge is 2.33. The highest BCUT2D eigenvalue weighted by molar-refractivity contribution is 7.59. The molecule has 0 heterocycles. The normalized spacial score (nSPS) is 13.7. The van der Waals surface area contributed by atoms with E-state index in [9.17, 15) is 22.8 Å². The summed E-state index contributed by atoms with van der Waals surface area (Å²) >= 11 is 0. The Labute approximate surface area is 162 Å². The molecule has 0 fully saturated rings. The number of alkyl halides is 3. The summed E-state index contributed by atoms with van der Waals surface area (Å²) in [6.45, 7) is 12.5. The van der Waals surface area contributed by atoms with E-state index in [0.29, 0.717) is 12.3 Å². The van der Waals surface area contributed by atoms with Gasteiger partial charge in [0.05, 0.1) is 12.2 Å². The van der Waals surface area contributed by atoms with Gasteiger partial charge >= 0.3 is 6.18 Å². The number of rotatable bonds is 9. The lowest BCUT2D eigenvalue weighted by molar-refractivity contribution is -0.137. The van der Waals surface area contributed by atoms with Crippen molar-refractivity contribution in [1.82, 2.24) is 0 Å². The second-order valence-electron chi connectivity index (χ2n) is 9.45. The molecule has 1 N–H and O–H groups in total. The van der Waals surface area contributed by atoms with Gasteiger partial charge in [-0.1, -0.05) is 39.3 Å². The van der Waals surface area contributed by atoms with E-state index >= 15 is 0 Å². The zero-order valence-electron chi connectivity index (χ0n) is 17.1. The van der Waals surface area contributed by atoms with Crippen LogP contribution in [0.4, 0.5) is 13.2 Å². The first-order chi connectivity index (χ1) is 12.0. The quantitative estimate of drug-likeness (QED) is 0.351. The first-order valence-electron chi connectivity index (χ1n) is 9.13. The van der Waals surface area contributed by atoms with Gasteiger partial charge in [-0.3, -0.25) is 4.57 Å². The summed E-state index contributed by atoms with van der Waals surface area (Å²) in [5, 5.41) is 9.50. The molecule has 0 aliphatic heterocycles. The highest BCUT2D eigenvalue weighted by Crippen LogP contribution is 2.51. The van der Waals surface area contributed by atoms with Gasteiger partial charge in [0.25, 0.3) is 0 Å². The maximum atomic E-state index is 13.5. The van der Waals surface area contributed by atoms with Crippen molar-refractivity contribution in [2.75, 3.05) is 12.3 Å². The standard InChI is InChI=1S/C18H32F3O3PSi2/c1-26(2,3)11-9-25(23,10-12-27(4,5)6)24-17-8-7-16(18(19,20)21)13-15(17)14-22/h7-8,13,22H,9-12,14H2,1-6H3. The van der Waals surface area contributed by atoms with E-state index in [1.165, 1.54) is 6.07 Å². The summed E-state index contributed by atoms with van der Waals surface area (Å²) in [6.07, 6.45) is -3.64. The van der Waals surface area contributed by atoms with Gasteiger partial charge in [-0.25, -0.2) is 0 Å². The molecule has 0 spiro atoms. The second kappa shape index (κ2) is 8.84. The number of hydrogen-bond donors (Lipinski definition) is 1. The molecule has 0 radical (unpaired) electrons. The van der Waals surface area contributed by atoms with E-state index in [2.05, 4.69) is 39.3 Å². The number of hydrogen-bond acceptors (Lipinski definition) is 3. The van der Waals surface area contributed by atoms with Gasteiger partial charge in [-0.15, -0.1) is 0 Å². The van der Waals surface area contributed by atoms with Gasteiger partial charge in [-0.2, -0.15) is 13.2 Å². The van der Waals surface area contributed by atoms with Gasteiger partial charge < -0.3 is 9.63 Å². The van der Waals surface area contributed by atoms with Gasteiger partial charge in [-0.05, 0) is 30.3 Å². The Kier molecular flexibility index (Phi) is 8.02. The molecule has 0 saturated heterocycles. The summed E-state index contributed by atoms with van der Waals surface area (Å²) in [7, 11) is -5.96. The summed E-state index contributed by atoms with van der Waals surface area (Å²) in [4.78, 5) is 0. The smallest absolute Gasteiger partial charge is 0.416 e. The predicted molar refractivity (Wildman–Crippen MR) is 112 cm³/mol. The molecule has 0 aliphatic rings. The Morgan fingerprint density at radius 1 is 1.00 bits per heavy atom. The lowest BCUT2D eigenvalue weighted by atomic mass is 10.1. The Hall–Kier alpha value is -0.566. The number of aliphatic hydroxyl groups excluding tert-OH is 1. The second-order valence-corrected chi connectivity index (χ2v) is 23.4. The minimum atomic E-state index is -4.50. The van der Waals surface area contributed by atoms with E-state index in [1.54, 1.807) is 0 Å². The third-order valence-corrected chi connectivity index (χ3v) is 10.9. The lowest BCUT2D eigenvalue weighted by Gasteiger charge is -2.26. The van der Waals surface area contributed by atoms with E-state index in [4.69, 9.17) is 4.52 Å². The predicted octanol–water partition coefficient (Wildman–Crippen LogP) is 6.53. The fourth-order valence-corrected chi connectivity index (χ4v) is 11.4. The van der Waals surface area contributed by atoms with Crippen molar-refractivity contribution in [3.63, 3.8) is 0 Å². The van der Waals surface area contributed by atoms with E-state index in [1.807, 2.05) is 0 Å². The third kappa shape index (κ3) is 8.98. The van der Waals surface area contributed by atoms with Crippen LogP contribution in [0.1, 0.15) is 11.1 Å². The van der Waals surface area contributed by atoms with Crippen LogP contribution in [0.15, 0.2) is 18.2 Å². The topological polar surface area (TPSA) is 46.5 Å². The van der Waals surface area contributed by atoms with Crippen LogP contribution in [0.2, 0.25) is 51.4 Å². The van der Waals surface area contributed by atoms with Crippen molar-refractivity contribution in [3.8, 4) is 5.75 Å². The van der Waals surface area contributed by atoms with Gasteiger partial charge in [0.1, 0.15) is 5.75 Å². The van der Waals surface area contributed by atoms with Crippen molar-refractivity contribution in [1.29, 1.82) is 0 Å².